The Morgan fingerprint density at radius 2 is 1.41 bits per heavy atom. The number of anilines is 2. The minimum atomic E-state index is -3.80. The molecule has 3 aromatic carbocycles. The zero-order valence-electron chi connectivity index (χ0n) is 17.9. The van der Waals surface area contributed by atoms with Crippen molar-refractivity contribution in [2.45, 2.75) is 11.8 Å². The first kappa shape index (κ1) is 23.0. The normalized spacial score (nSPS) is 10.8. The van der Waals surface area contributed by atoms with Crippen LogP contribution in [0.3, 0.4) is 0 Å². The molecule has 0 radical (unpaired) electrons. The Labute approximate surface area is 187 Å². The summed E-state index contributed by atoms with van der Waals surface area (Å²) in [6.07, 6.45) is 0. The van der Waals surface area contributed by atoms with Crippen LogP contribution in [0.5, 0.6) is 17.2 Å². The van der Waals surface area contributed by atoms with Gasteiger partial charge in [0.25, 0.3) is 15.9 Å². The van der Waals surface area contributed by atoms with E-state index < -0.39 is 15.9 Å². The van der Waals surface area contributed by atoms with Crippen LogP contribution < -0.4 is 24.2 Å². The second kappa shape index (κ2) is 10.1. The van der Waals surface area contributed by atoms with Gasteiger partial charge in [0.2, 0.25) is 0 Å². The Morgan fingerprint density at radius 3 is 1.94 bits per heavy atom. The van der Waals surface area contributed by atoms with Gasteiger partial charge in [0.1, 0.15) is 22.8 Å². The van der Waals surface area contributed by atoms with E-state index in [9.17, 15) is 13.2 Å². The average molecular weight is 457 g/mol. The Kier molecular flexibility index (Phi) is 7.21. The Hall–Kier alpha value is -3.72. The smallest absolute Gasteiger partial charge is 0.263 e. The third-order valence-corrected chi connectivity index (χ3v) is 5.89. The van der Waals surface area contributed by atoms with Crippen molar-refractivity contribution in [3.05, 3.63) is 72.3 Å². The van der Waals surface area contributed by atoms with Gasteiger partial charge in [-0.1, -0.05) is 6.07 Å². The molecule has 3 aromatic rings. The molecule has 0 saturated carbocycles. The highest BCUT2D eigenvalue weighted by molar-refractivity contribution is 7.92. The van der Waals surface area contributed by atoms with Gasteiger partial charge in [-0.25, -0.2) is 8.42 Å². The number of nitrogens with one attached hydrogen (secondary N) is 2. The third-order valence-electron chi connectivity index (χ3n) is 4.49. The Morgan fingerprint density at radius 1 is 0.844 bits per heavy atom. The lowest BCUT2D eigenvalue weighted by Crippen LogP contribution is -2.15. The van der Waals surface area contributed by atoms with Gasteiger partial charge in [0.05, 0.1) is 25.7 Å². The van der Waals surface area contributed by atoms with E-state index in [2.05, 4.69) is 10.0 Å². The summed E-state index contributed by atoms with van der Waals surface area (Å²) in [4.78, 5) is 12.8. The van der Waals surface area contributed by atoms with Crippen LogP contribution in [0.25, 0.3) is 0 Å². The molecule has 0 aliphatic carbocycles. The topological polar surface area (TPSA) is 103 Å². The van der Waals surface area contributed by atoms with Crippen LogP contribution in [0.2, 0.25) is 0 Å². The molecule has 0 spiro atoms. The number of hydrogen-bond donors (Lipinski definition) is 2. The fourth-order valence-electron chi connectivity index (χ4n) is 2.99. The van der Waals surface area contributed by atoms with Crippen LogP contribution in [0.1, 0.15) is 17.3 Å². The largest absolute Gasteiger partial charge is 0.496 e. The molecule has 9 heteroatoms. The number of carbonyl (C=O) groups is 1. The predicted molar refractivity (Wildman–Crippen MR) is 122 cm³/mol. The molecule has 0 aliphatic heterocycles. The van der Waals surface area contributed by atoms with Gasteiger partial charge >= 0.3 is 0 Å². The number of sulfonamides is 1. The summed E-state index contributed by atoms with van der Waals surface area (Å²) in [5.41, 5.74) is 1.07. The molecular weight excluding hydrogens is 432 g/mol. The van der Waals surface area contributed by atoms with Crippen LogP contribution >= 0.6 is 0 Å². The average Bonchev–Trinajstić information content (AvgIpc) is 2.80. The molecule has 3 rings (SSSR count). The minimum absolute atomic E-state index is 0.0549. The molecule has 0 heterocycles. The summed E-state index contributed by atoms with van der Waals surface area (Å²) in [7, 11) is -0.879. The maximum Gasteiger partial charge on any atom is 0.263 e. The number of carbonyl (C=O) groups excluding carboxylic acids is 1. The van der Waals surface area contributed by atoms with Gasteiger partial charge in [-0.05, 0) is 67.6 Å². The van der Waals surface area contributed by atoms with Crippen molar-refractivity contribution in [3.8, 4) is 17.2 Å². The number of amides is 1. The first-order chi connectivity index (χ1) is 15.4. The van der Waals surface area contributed by atoms with Crippen molar-refractivity contribution >= 4 is 27.3 Å². The molecular formula is C23H24N2O6S. The molecule has 0 bridgehead atoms. The Bertz CT molecular complexity index is 1150. The lowest BCUT2D eigenvalue weighted by molar-refractivity contribution is 0.102. The fourth-order valence-corrected chi connectivity index (χ4v) is 4.04. The second-order valence-corrected chi connectivity index (χ2v) is 8.26. The first-order valence-electron chi connectivity index (χ1n) is 9.76. The number of benzene rings is 3. The van der Waals surface area contributed by atoms with Crippen LogP contribution in [-0.4, -0.2) is 35.2 Å². The van der Waals surface area contributed by atoms with Gasteiger partial charge in [0, 0.05) is 11.4 Å². The van der Waals surface area contributed by atoms with Gasteiger partial charge in [-0.2, -0.15) is 0 Å². The van der Waals surface area contributed by atoms with Gasteiger partial charge in [0.15, 0.2) is 0 Å². The summed E-state index contributed by atoms with van der Waals surface area (Å²) in [5.74, 6) is 0.936. The van der Waals surface area contributed by atoms with E-state index in [1.165, 1.54) is 38.5 Å². The molecule has 168 valence electrons. The van der Waals surface area contributed by atoms with E-state index >= 15 is 0 Å². The van der Waals surface area contributed by atoms with Crippen molar-refractivity contribution in [2.75, 3.05) is 30.9 Å². The fraction of sp³-hybridized carbons (Fsp3) is 0.174. The van der Waals surface area contributed by atoms with E-state index in [1.807, 2.05) is 6.92 Å². The molecule has 8 nitrogen and oxygen atoms in total. The molecule has 0 aromatic heterocycles. The van der Waals surface area contributed by atoms with Crippen LogP contribution in [0.15, 0.2) is 71.6 Å². The zero-order valence-corrected chi connectivity index (χ0v) is 18.7. The summed E-state index contributed by atoms with van der Waals surface area (Å²) in [6, 6.07) is 17.5. The van der Waals surface area contributed by atoms with Crippen molar-refractivity contribution in [1.29, 1.82) is 0 Å². The van der Waals surface area contributed by atoms with Crippen molar-refractivity contribution < 1.29 is 27.4 Å². The molecule has 0 saturated heterocycles. The van der Waals surface area contributed by atoms with E-state index in [1.54, 1.807) is 42.5 Å². The maximum atomic E-state index is 12.8. The number of methoxy groups -OCH3 is 2. The highest BCUT2D eigenvalue weighted by Crippen LogP contribution is 2.29. The minimum Gasteiger partial charge on any atom is -0.496 e. The van der Waals surface area contributed by atoms with Gasteiger partial charge < -0.3 is 19.5 Å². The molecule has 2 N–H and O–H groups in total. The van der Waals surface area contributed by atoms with Crippen molar-refractivity contribution in [1.82, 2.24) is 0 Å². The number of rotatable bonds is 9. The highest BCUT2D eigenvalue weighted by atomic mass is 32.2. The summed E-state index contributed by atoms with van der Waals surface area (Å²) in [6.45, 7) is 2.40. The highest BCUT2D eigenvalue weighted by Gasteiger charge is 2.19. The van der Waals surface area contributed by atoms with E-state index in [0.29, 0.717) is 35.2 Å². The SMILES string of the molecule is CCOc1ccc(NS(=O)(=O)c2ccc(NC(=O)c3c(OC)cccc3OC)cc2)cc1. The van der Waals surface area contributed by atoms with Crippen LogP contribution in [0, 0.1) is 0 Å². The van der Waals surface area contributed by atoms with Crippen molar-refractivity contribution in [2.24, 2.45) is 0 Å². The standard InChI is InChI=1S/C23H24N2O6S/c1-4-31-18-12-8-17(9-13-18)25-32(27,28)19-14-10-16(11-15-19)24-23(26)22-20(29-2)6-5-7-21(22)30-3/h5-15,25H,4H2,1-3H3,(H,24,26). The monoisotopic (exact) mass is 456 g/mol. The molecule has 32 heavy (non-hydrogen) atoms. The first-order valence-corrected chi connectivity index (χ1v) is 11.2. The van der Waals surface area contributed by atoms with Crippen LogP contribution in [0.4, 0.5) is 11.4 Å². The van der Waals surface area contributed by atoms with E-state index in [0.717, 1.165) is 0 Å². The molecule has 1 amide bonds. The number of ether oxygens (including phenoxy) is 3. The lowest BCUT2D eigenvalue weighted by Gasteiger charge is -2.13. The Balaban J connectivity index is 1.74. The quantitative estimate of drug-likeness (QED) is 0.501. The van der Waals surface area contributed by atoms with E-state index in [4.69, 9.17) is 14.2 Å². The predicted octanol–water partition coefficient (Wildman–Crippen LogP) is 4.16. The third kappa shape index (κ3) is 5.30. The second-order valence-electron chi connectivity index (χ2n) is 6.58. The zero-order chi connectivity index (χ0) is 23.1. The molecule has 0 atom stereocenters. The summed E-state index contributed by atoms with van der Waals surface area (Å²) < 4.78 is 43.7. The van der Waals surface area contributed by atoms with Gasteiger partial charge in [-0.3, -0.25) is 9.52 Å². The van der Waals surface area contributed by atoms with Crippen molar-refractivity contribution in [3.63, 3.8) is 0 Å². The molecule has 0 aliphatic rings. The lowest BCUT2D eigenvalue weighted by atomic mass is 10.1. The molecule has 0 unspecified atom stereocenters. The van der Waals surface area contributed by atoms with Crippen LogP contribution in [-0.2, 0) is 10.0 Å². The van der Waals surface area contributed by atoms with Gasteiger partial charge in [-0.15, -0.1) is 0 Å². The molecule has 0 fully saturated rings. The van der Waals surface area contributed by atoms with E-state index in [-0.39, 0.29) is 10.5 Å². The maximum absolute atomic E-state index is 12.8. The number of hydrogen-bond acceptors (Lipinski definition) is 6. The summed E-state index contributed by atoms with van der Waals surface area (Å²) >= 11 is 0. The summed E-state index contributed by atoms with van der Waals surface area (Å²) in [5, 5.41) is 2.73.